The highest BCUT2D eigenvalue weighted by atomic mass is 16.5. The van der Waals surface area contributed by atoms with Gasteiger partial charge in [0.25, 0.3) is 0 Å². The van der Waals surface area contributed by atoms with E-state index in [2.05, 4.69) is 10.1 Å². The fourth-order valence-electron chi connectivity index (χ4n) is 1.56. The summed E-state index contributed by atoms with van der Waals surface area (Å²) in [6.07, 6.45) is 3.30. The first-order valence-electron chi connectivity index (χ1n) is 5.34. The molecule has 0 aliphatic heterocycles. The average molecular weight is 231 g/mol. The minimum atomic E-state index is -0.406. The highest BCUT2D eigenvalue weighted by molar-refractivity contribution is 5.88. The lowest BCUT2D eigenvalue weighted by molar-refractivity contribution is 0.0519. The van der Waals surface area contributed by atoms with Gasteiger partial charge in [-0.2, -0.15) is 5.10 Å². The Morgan fingerprint density at radius 1 is 1.41 bits per heavy atom. The van der Waals surface area contributed by atoms with Gasteiger partial charge in [-0.15, -0.1) is 0 Å². The molecule has 2 heterocycles. The Bertz CT molecular complexity index is 534. The van der Waals surface area contributed by atoms with Crippen LogP contribution in [0.4, 0.5) is 0 Å². The van der Waals surface area contributed by atoms with Gasteiger partial charge >= 0.3 is 5.97 Å². The molecule has 5 nitrogen and oxygen atoms in total. The molecule has 0 saturated carbocycles. The van der Waals surface area contributed by atoms with Crippen LogP contribution in [0, 0.1) is 0 Å². The Balaban J connectivity index is 2.35. The molecule has 0 atom stereocenters. The van der Waals surface area contributed by atoms with Gasteiger partial charge in [-0.1, -0.05) is 0 Å². The summed E-state index contributed by atoms with van der Waals surface area (Å²) in [4.78, 5) is 15.5. The van der Waals surface area contributed by atoms with Gasteiger partial charge in [0.2, 0.25) is 0 Å². The summed E-state index contributed by atoms with van der Waals surface area (Å²) in [5.41, 5.74) is 2.13. The van der Waals surface area contributed by atoms with Crippen molar-refractivity contribution >= 4 is 5.97 Å². The van der Waals surface area contributed by atoms with E-state index < -0.39 is 5.97 Å². The molecule has 0 unspecified atom stereocenters. The van der Waals surface area contributed by atoms with Crippen LogP contribution in [-0.4, -0.2) is 27.3 Å². The molecule has 0 saturated heterocycles. The normalized spacial score (nSPS) is 10.2. The molecule has 0 amide bonds. The van der Waals surface area contributed by atoms with E-state index in [0.717, 1.165) is 11.3 Å². The maximum Gasteiger partial charge on any atom is 0.356 e. The summed E-state index contributed by atoms with van der Waals surface area (Å²) in [6.45, 7) is 2.11. The van der Waals surface area contributed by atoms with E-state index in [4.69, 9.17) is 4.74 Å². The third-order valence-corrected chi connectivity index (χ3v) is 2.36. The summed E-state index contributed by atoms with van der Waals surface area (Å²) in [6, 6.07) is 5.42. The maximum atomic E-state index is 11.5. The van der Waals surface area contributed by atoms with Crippen molar-refractivity contribution in [2.24, 2.45) is 7.05 Å². The number of hydrogen-bond acceptors (Lipinski definition) is 4. The van der Waals surface area contributed by atoms with Crippen LogP contribution >= 0.6 is 0 Å². The fourth-order valence-corrected chi connectivity index (χ4v) is 1.56. The fraction of sp³-hybridized carbons (Fsp3) is 0.250. The molecular weight excluding hydrogens is 218 g/mol. The SMILES string of the molecule is CCOC(=O)c1cc(-c2ccnn2C)ccn1. The molecule has 0 aliphatic rings. The lowest BCUT2D eigenvalue weighted by atomic mass is 10.1. The van der Waals surface area contributed by atoms with Crippen molar-refractivity contribution in [2.45, 2.75) is 6.92 Å². The molecule has 0 spiro atoms. The molecule has 0 N–H and O–H groups in total. The molecule has 0 aromatic carbocycles. The molecule has 0 aliphatic carbocycles. The van der Waals surface area contributed by atoms with Crippen molar-refractivity contribution in [3.05, 3.63) is 36.3 Å². The monoisotopic (exact) mass is 231 g/mol. The number of pyridine rings is 1. The van der Waals surface area contributed by atoms with Crippen molar-refractivity contribution in [3.8, 4) is 11.3 Å². The number of rotatable bonds is 3. The minimum absolute atomic E-state index is 0.311. The van der Waals surface area contributed by atoms with Crippen LogP contribution in [0.25, 0.3) is 11.3 Å². The van der Waals surface area contributed by atoms with Crippen molar-refractivity contribution < 1.29 is 9.53 Å². The van der Waals surface area contributed by atoms with Crippen LogP contribution in [-0.2, 0) is 11.8 Å². The van der Waals surface area contributed by atoms with Crippen LogP contribution < -0.4 is 0 Å². The lowest BCUT2D eigenvalue weighted by Gasteiger charge is -2.04. The van der Waals surface area contributed by atoms with E-state index in [0.29, 0.717) is 12.3 Å². The topological polar surface area (TPSA) is 57.0 Å². The third-order valence-electron chi connectivity index (χ3n) is 2.36. The predicted octanol–water partition coefficient (Wildman–Crippen LogP) is 1.66. The number of carbonyl (C=O) groups is 1. The van der Waals surface area contributed by atoms with Gasteiger partial charge in [0, 0.05) is 25.0 Å². The van der Waals surface area contributed by atoms with Crippen LogP contribution in [0.2, 0.25) is 0 Å². The van der Waals surface area contributed by atoms with Crippen LogP contribution in [0.5, 0.6) is 0 Å². The van der Waals surface area contributed by atoms with Gasteiger partial charge in [-0.25, -0.2) is 9.78 Å². The van der Waals surface area contributed by atoms with Gasteiger partial charge < -0.3 is 4.74 Å². The van der Waals surface area contributed by atoms with E-state index >= 15 is 0 Å². The molecular formula is C12H13N3O2. The minimum Gasteiger partial charge on any atom is -0.461 e. The summed E-state index contributed by atoms with van der Waals surface area (Å²) in [5, 5.41) is 4.08. The number of nitrogens with zero attached hydrogens (tertiary/aromatic N) is 3. The number of esters is 1. The van der Waals surface area contributed by atoms with Gasteiger partial charge in [0.15, 0.2) is 0 Å². The van der Waals surface area contributed by atoms with Crippen LogP contribution in [0.1, 0.15) is 17.4 Å². The first-order valence-corrected chi connectivity index (χ1v) is 5.34. The second kappa shape index (κ2) is 4.78. The van der Waals surface area contributed by atoms with E-state index in [-0.39, 0.29) is 0 Å². The Kier molecular flexibility index (Phi) is 3.18. The second-order valence-electron chi connectivity index (χ2n) is 3.49. The largest absolute Gasteiger partial charge is 0.461 e. The molecule has 2 rings (SSSR count). The number of hydrogen-bond donors (Lipinski definition) is 0. The summed E-state index contributed by atoms with van der Waals surface area (Å²) >= 11 is 0. The van der Waals surface area contributed by atoms with Crippen molar-refractivity contribution in [1.29, 1.82) is 0 Å². The smallest absolute Gasteiger partial charge is 0.356 e. The lowest BCUT2D eigenvalue weighted by Crippen LogP contribution is -2.07. The van der Waals surface area contributed by atoms with Crippen LogP contribution in [0.3, 0.4) is 0 Å². The highest BCUT2D eigenvalue weighted by Gasteiger charge is 2.10. The van der Waals surface area contributed by atoms with Crippen molar-refractivity contribution in [3.63, 3.8) is 0 Å². The highest BCUT2D eigenvalue weighted by Crippen LogP contribution is 2.18. The van der Waals surface area contributed by atoms with Crippen molar-refractivity contribution in [1.82, 2.24) is 14.8 Å². The van der Waals surface area contributed by atoms with Crippen LogP contribution in [0.15, 0.2) is 30.6 Å². The Hall–Kier alpha value is -2.17. The number of ether oxygens (including phenoxy) is 1. The first-order chi connectivity index (χ1) is 8.22. The molecule has 2 aromatic heterocycles. The van der Waals surface area contributed by atoms with E-state index in [1.807, 2.05) is 19.2 Å². The summed E-state index contributed by atoms with van der Waals surface area (Å²) in [5.74, 6) is -0.406. The molecule has 88 valence electrons. The van der Waals surface area contributed by atoms with Crippen molar-refractivity contribution in [2.75, 3.05) is 6.61 Å². The molecule has 17 heavy (non-hydrogen) atoms. The van der Waals surface area contributed by atoms with Gasteiger partial charge in [0.1, 0.15) is 5.69 Å². The molecule has 5 heteroatoms. The number of carbonyl (C=O) groups excluding carboxylic acids is 1. The van der Waals surface area contributed by atoms with E-state index in [1.54, 1.807) is 30.1 Å². The number of aryl methyl sites for hydroxylation is 1. The summed E-state index contributed by atoms with van der Waals surface area (Å²) in [7, 11) is 1.85. The first kappa shape index (κ1) is 11.3. The Labute approximate surface area is 99.1 Å². The van der Waals surface area contributed by atoms with Gasteiger partial charge in [-0.05, 0) is 25.1 Å². The Morgan fingerprint density at radius 2 is 2.24 bits per heavy atom. The third kappa shape index (κ3) is 2.33. The zero-order valence-electron chi connectivity index (χ0n) is 9.75. The van der Waals surface area contributed by atoms with Gasteiger partial charge in [-0.3, -0.25) is 4.68 Å². The molecule has 2 aromatic rings. The number of aromatic nitrogens is 3. The summed E-state index contributed by atoms with van der Waals surface area (Å²) < 4.78 is 6.65. The zero-order valence-corrected chi connectivity index (χ0v) is 9.75. The quantitative estimate of drug-likeness (QED) is 0.754. The van der Waals surface area contributed by atoms with E-state index in [1.165, 1.54) is 0 Å². The predicted molar refractivity (Wildman–Crippen MR) is 62.4 cm³/mol. The zero-order chi connectivity index (χ0) is 12.3. The Morgan fingerprint density at radius 3 is 2.88 bits per heavy atom. The molecule has 0 bridgehead atoms. The molecule has 0 fully saturated rings. The standard InChI is InChI=1S/C12H13N3O2/c1-3-17-12(16)10-8-9(4-6-13-10)11-5-7-14-15(11)2/h4-8H,3H2,1-2H3. The van der Waals surface area contributed by atoms with E-state index in [9.17, 15) is 4.79 Å². The second-order valence-corrected chi connectivity index (χ2v) is 3.49. The average Bonchev–Trinajstić information content (AvgIpc) is 2.76. The van der Waals surface area contributed by atoms with Gasteiger partial charge in [0.05, 0.1) is 12.3 Å². The molecule has 0 radical (unpaired) electrons. The maximum absolute atomic E-state index is 11.5.